The van der Waals surface area contributed by atoms with Crippen molar-refractivity contribution in [1.82, 2.24) is 11.5 Å². The largest absolute Gasteiger partial charge is 0.401 e. The summed E-state index contributed by atoms with van der Waals surface area (Å²) < 4.78 is 0. The van der Waals surface area contributed by atoms with Crippen molar-refractivity contribution in [3.05, 3.63) is 58.5 Å². The Morgan fingerprint density at radius 2 is 2.07 bits per heavy atom. The molecule has 0 fully saturated rings. The zero-order valence-corrected chi connectivity index (χ0v) is 19.4. The van der Waals surface area contributed by atoms with Crippen LogP contribution in [0.5, 0.6) is 0 Å². The molecular weight excluding hydrogens is 372 g/mol. The molecule has 0 aromatic heterocycles. The monoisotopic (exact) mass is 416 g/mol. The maximum absolute atomic E-state index is 11.2. The van der Waals surface area contributed by atoms with Gasteiger partial charge in [0.2, 0.25) is 0 Å². The van der Waals surface area contributed by atoms with Crippen molar-refractivity contribution < 1.29 is 6.53 Å². The molecule has 0 spiro atoms. The van der Waals surface area contributed by atoms with Crippen molar-refractivity contribution in [3.8, 4) is 0 Å². The first kappa shape index (κ1) is 25.9. The predicted octanol–water partition coefficient (Wildman–Crippen LogP) is 5.69. The molecule has 8 N–H and O–H groups in total. The summed E-state index contributed by atoms with van der Waals surface area (Å²) in [6, 6.07) is 0. The van der Waals surface area contributed by atoms with Gasteiger partial charge in [-0.2, -0.15) is 0 Å². The minimum atomic E-state index is -0.857. The van der Waals surface area contributed by atoms with Gasteiger partial charge < -0.3 is 22.3 Å². The summed E-state index contributed by atoms with van der Waals surface area (Å²) in [6.07, 6.45) is 16.8. The van der Waals surface area contributed by atoms with Crippen LogP contribution in [0.1, 0.15) is 74.1 Å². The normalized spacial score (nSPS) is 22.8. The van der Waals surface area contributed by atoms with Gasteiger partial charge in [-0.3, -0.25) is 5.41 Å². The molecule has 30 heavy (non-hydrogen) atoms. The Balaban J connectivity index is 0.00000219. The highest BCUT2D eigenvalue weighted by Crippen LogP contribution is 2.39. The van der Waals surface area contributed by atoms with Gasteiger partial charge in [-0.1, -0.05) is 43.7 Å². The van der Waals surface area contributed by atoms with Gasteiger partial charge in [0.05, 0.1) is 11.3 Å². The molecule has 3 aliphatic rings. The third-order valence-electron chi connectivity index (χ3n) is 6.10. The van der Waals surface area contributed by atoms with Crippen molar-refractivity contribution in [3.63, 3.8) is 0 Å². The van der Waals surface area contributed by atoms with Crippen LogP contribution in [0.15, 0.2) is 58.5 Å². The van der Waals surface area contributed by atoms with E-state index in [4.69, 9.17) is 11.1 Å². The van der Waals surface area contributed by atoms with Gasteiger partial charge in [0.15, 0.2) is 0 Å². The summed E-state index contributed by atoms with van der Waals surface area (Å²) in [6.45, 7) is 8.82. The minimum Gasteiger partial charge on any atom is -0.401 e. The fourth-order valence-corrected chi connectivity index (χ4v) is 4.25. The van der Waals surface area contributed by atoms with Crippen LogP contribution in [0.2, 0.25) is 0 Å². The predicted molar refractivity (Wildman–Crippen MR) is 131 cm³/mol. The number of nitrogens with one attached hydrogen (secondary N) is 2. The second-order valence-electron chi connectivity index (χ2n) is 8.28. The zero-order valence-electron chi connectivity index (χ0n) is 19.4. The minimum absolute atomic E-state index is 0. The van der Waals surface area contributed by atoms with Crippen molar-refractivity contribution >= 4 is 5.71 Å². The van der Waals surface area contributed by atoms with E-state index in [2.05, 4.69) is 36.5 Å². The number of aliphatic hydroxyl groups is 1. The molecule has 170 valence electrons. The number of hydrogen-bond donors (Lipinski definition) is 5. The molecule has 0 saturated heterocycles. The van der Waals surface area contributed by atoms with Crippen molar-refractivity contribution in [2.24, 2.45) is 11.7 Å². The lowest BCUT2D eigenvalue weighted by molar-refractivity contribution is -0.000916. The van der Waals surface area contributed by atoms with E-state index >= 15 is 0 Å². The fourth-order valence-electron chi connectivity index (χ4n) is 4.25. The Kier molecular flexibility index (Phi) is 10.3. The quantitative estimate of drug-likeness (QED) is 0.357. The van der Waals surface area contributed by atoms with Crippen molar-refractivity contribution in [2.75, 3.05) is 6.54 Å². The Morgan fingerprint density at radius 1 is 1.33 bits per heavy atom. The molecule has 0 aromatic carbocycles. The molecule has 2 aliphatic carbocycles. The van der Waals surface area contributed by atoms with E-state index in [1.807, 2.05) is 26.8 Å². The van der Waals surface area contributed by atoms with Crippen LogP contribution >= 0.6 is 0 Å². The molecule has 2 unspecified atom stereocenters. The van der Waals surface area contributed by atoms with E-state index in [9.17, 15) is 5.11 Å². The zero-order chi connectivity index (χ0) is 21.4. The van der Waals surface area contributed by atoms with Crippen molar-refractivity contribution in [2.45, 2.75) is 78.2 Å². The lowest BCUT2D eigenvalue weighted by atomic mass is 9.73. The highest BCUT2D eigenvalue weighted by molar-refractivity contribution is 6.12. The van der Waals surface area contributed by atoms with E-state index in [1.54, 1.807) is 0 Å². The van der Waals surface area contributed by atoms with Gasteiger partial charge in [-0.05, 0) is 76.0 Å². The number of hydrogen-bond acceptors (Lipinski definition) is 5. The lowest BCUT2D eigenvalue weighted by Gasteiger charge is -2.38. The third kappa shape index (κ3) is 6.44. The highest BCUT2D eigenvalue weighted by Gasteiger charge is 2.37. The summed E-state index contributed by atoms with van der Waals surface area (Å²) in [4.78, 5) is 0. The summed E-state index contributed by atoms with van der Waals surface area (Å²) >= 11 is 0. The Bertz CT molecular complexity index is 759. The molecular formula is C25H44N4O. The smallest absolute Gasteiger partial charge is 0.0705 e. The molecule has 2 atom stereocenters. The second kappa shape index (κ2) is 11.9. The summed E-state index contributed by atoms with van der Waals surface area (Å²) in [5, 5.41) is 23.2. The first-order chi connectivity index (χ1) is 13.9. The fraction of sp³-hybridized carbons (Fsp3) is 0.560. The van der Waals surface area contributed by atoms with Crippen LogP contribution in [0.4, 0.5) is 0 Å². The first-order valence-electron chi connectivity index (χ1n) is 11.2. The number of nitrogens with two attached hydrogens (primary N) is 1. The van der Waals surface area contributed by atoms with E-state index in [1.165, 1.54) is 11.3 Å². The SMILES string of the molecule is CC.CC1=CC=C(CCC(C)(O)C2CCCC(C(=N)C3=CCCC=C3)=C2N)CN1.N.[HH]. The van der Waals surface area contributed by atoms with Gasteiger partial charge in [-0.15, -0.1) is 0 Å². The average Bonchev–Trinajstić information content (AvgIpc) is 2.75. The molecule has 0 amide bonds. The molecule has 0 aromatic rings. The first-order valence-corrected chi connectivity index (χ1v) is 11.2. The van der Waals surface area contributed by atoms with Gasteiger partial charge in [0, 0.05) is 25.3 Å². The Hall–Kier alpha value is -2.11. The number of dihydropyridines is 1. The summed E-state index contributed by atoms with van der Waals surface area (Å²) in [7, 11) is 0. The molecule has 5 nitrogen and oxygen atoms in total. The Morgan fingerprint density at radius 3 is 2.67 bits per heavy atom. The van der Waals surface area contributed by atoms with Crippen LogP contribution in [0, 0.1) is 11.3 Å². The maximum atomic E-state index is 11.2. The molecule has 5 heteroatoms. The topological polar surface area (TPSA) is 117 Å². The van der Waals surface area contributed by atoms with Crippen LogP contribution in [-0.4, -0.2) is 23.0 Å². The lowest BCUT2D eigenvalue weighted by Crippen LogP contribution is -2.41. The maximum Gasteiger partial charge on any atom is 0.0705 e. The molecule has 0 saturated carbocycles. The van der Waals surface area contributed by atoms with Crippen LogP contribution < -0.4 is 17.2 Å². The van der Waals surface area contributed by atoms with Crippen LogP contribution in [0.3, 0.4) is 0 Å². The average molecular weight is 417 g/mol. The molecule has 1 aliphatic heterocycles. The van der Waals surface area contributed by atoms with E-state index in [0.29, 0.717) is 12.1 Å². The van der Waals surface area contributed by atoms with Crippen LogP contribution in [-0.2, 0) is 0 Å². The highest BCUT2D eigenvalue weighted by atomic mass is 16.3. The van der Waals surface area contributed by atoms with Gasteiger partial charge in [0.1, 0.15) is 0 Å². The third-order valence-corrected chi connectivity index (χ3v) is 6.10. The van der Waals surface area contributed by atoms with E-state index in [0.717, 1.165) is 61.9 Å². The standard InChI is InChI=1S/C23H33N3O.C2H6.H3N.H2/c1-16-11-12-17(15-26-16)13-14-23(2,27)20-10-6-9-19(22(20)25)21(24)18-7-4-3-5-8-18;1-2;;/h4,7-8,11-12,20,24,26-27H,3,5-6,9-10,13-15,25H2,1-2H3;1-2H3;1H3;1H. The molecule has 3 rings (SSSR count). The van der Waals surface area contributed by atoms with E-state index in [-0.39, 0.29) is 13.5 Å². The second-order valence-corrected chi connectivity index (χ2v) is 8.28. The summed E-state index contributed by atoms with van der Waals surface area (Å²) in [5.74, 6) is -0.0794. The number of allylic oxidation sites excluding steroid dienone is 8. The number of rotatable bonds is 6. The van der Waals surface area contributed by atoms with Gasteiger partial charge >= 0.3 is 0 Å². The van der Waals surface area contributed by atoms with Crippen molar-refractivity contribution in [1.29, 1.82) is 5.41 Å². The van der Waals surface area contributed by atoms with E-state index < -0.39 is 5.60 Å². The van der Waals surface area contributed by atoms with Gasteiger partial charge in [-0.25, -0.2) is 0 Å². The Labute approximate surface area is 184 Å². The molecule has 0 bridgehead atoms. The molecule has 1 heterocycles. The van der Waals surface area contributed by atoms with Gasteiger partial charge in [0.25, 0.3) is 0 Å². The summed E-state index contributed by atoms with van der Waals surface area (Å²) in [5.41, 5.74) is 11.3. The molecule has 0 radical (unpaired) electrons. The van der Waals surface area contributed by atoms with Crippen LogP contribution in [0.25, 0.3) is 0 Å².